The molecule has 2 aromatic carbocycles. The van der Waals surface area contributed by atoms with Gasteiger partial charge in [-0.3, -0.25) is 9.59 Å². The molecule has 1 N–H and O–H groups in total. The van der Waals surface area contributed by atoms with Gasteiger partial charge in [-0.25, -0.2) is 4.39 Å². The number of methoxy groups -OCH3 is 1. The highest BCUT2D eigenvalue weighted by molar-refractivity contribution is 6.46. The fourth-order valence-electron chi connectivity index (χ4n) is 4.08. The van der Waals surface area contributed by atoms with Crippen LogP contribution in [0.25, 0.3) is 5.76 Å². The number of amides is 1. The molecule has 1 atom stereocenters. The lowest BCUT2D eigenvalue weighted by atomic mass is 9.85. The highest BCUT2D eigenvalue weighted by atomic mass is 19.1. The number of ether oxygens (including phenoxy) is 1. The van der Waals surface area contributed by atoms with E-state index in [0.717, 1.165) is 5.56 Å². The Balaban J connectivity index is 1.88. The Bertz CT molecular complexity index is 1250. The fourth-order valence-corrected chi connectivity index (χ4v) is 4.08. The lowest BCUT2D eigenvalue weighted by Crippen LogP contribution is -2.29. The maximum Gasteiger partial charge on any atom is 0.296 e. The summed E-state index contributed by atoms with van der Waals surface area (Å²) >= 11 is 0. The van der Waals surface area contributed by atoms with E-state index >= 15 is 0 Å². The predicted molar refractivity (Wildman–Crippen MR) is 125 cm³/mol. The molecule has 176 valence electrons. The normalized spacial score (nSPS) is 17.9. The van der Waals surface area contributed by atoms with E-state index < -0.39 is 23.5 Å². The van der Waals surface area contributed by atoms with Crippen molar-refractivity contribution in [1.29, 1.82) is 0 Å². The Hall–Kier alpha value is -3.87. The highest BCUT2D eigenvalue weighted by Crippen LogP contribution is 2.42. The van der Waals surface area contributed by atoms with Gasteiger partial charge in [-0.2, -0.15) is 0 Å². The van der Waals surface area contributed by atoms with Gasteiger partial charge >= 0.3 is 0 Å². The molecule has 1 saturated heterocycles. The van der Waals surface area contributed by atoms with Crippen molar-refractivity contribution in [1.82, 2.24) is 4.90 Å². The van der Waals surface area contributed by atoms with Crippen LogP contribution in [0.5, 0.6) is 5.75 Å². The Morgan fingerprint density at radius 2 is 1.82 bits per heavy atom. The first-order valence-electron chi connectivity index (χ1n) is 10.9. The summed E-state index contributed by atoms with van der Waals surface area (Å²) < 4.78 is 24.4. The minimum absolute atomic E-state index is 0.0339. The summed E-state index contributed by atoms with van der Waals surface area (Å²) in [5, 5.41) is 11.4. The van der Waals surface area contributed by atoms with Gasteiger partial charge in [0.05, 0.1) is 24.5 Å². The molecular formula is C27H26FNO5. The number of hydrogen-bond donors (Lipinski definition) is 1. The number of halogens is 1. The second kappa shape index (κ2) is 8.82. The summed E-state index contributed by atoms with van der Waals surface area (Å²) in [5.74, 6) is -1.66. The highest BCUT2D eigenvalue weighted by Gasteiger charge is 2.47. The molecule has 1 aliphatic rings. The van der Waals surface area contributed by atoms with E-state index in [0.29, 0.717) is 22.6 Å². The van der Waals surface area contributed by atoms with Gasteiger partial charge in [0.15, 0.2) is 0 Å². The molecule has 0 saturated carbocycles. The molecule has 2 heterocycles. The third-order valence-electron chi connectivity index (χ3n) is 5.94. The zero-order valence-electron chi connectivity index (χ0n) is 19.5. The van der Waals surface area contributed by atoms with Crippen LogP contribution in [0.15, 0.2) is 70.9 Å². The molecule has 0 bridgehead atoms. The number of carbonyl (C=O) groups excluding carboxylic acids is 2. The van der Waals surface area contributed by atoms with E-state index in [1.54, 1.807) is 36.4 Å². The number of aliphatic hydroxyl groups is 1. The van der Waals surface area contributed by atoms with Crippen molar-refractivity contribution >= 4 is 17.4 Å². The number of carbonyl (C=O) groups is 2. The number of furan rings is 1. The molecule has 1 unspecified atom stereocenters. The Morgan fingerprint density at radius 1 is 1.12 bits per heavy atom. The minimum Gasteiger partial charge on any atom is -0.507 e. The number of rotatable bonds is 5. The van der Waals surface area contributed by atoms with Crippen LogP contribution in [-0.4, -0.2) is 28.8 Å². The Morgan fingerprint density at radius 3 is 2.41 bits per heavy atom. The summed E-state index contributed by atoms with van der Waals surface area (Å²) in [6.45, 7) is 6.13. The van der Waals surface area contributed by atoms with Crippen LogP contribution in [0.2, 0.25) is 0 Å². The van der Waals surface area contributed by atoms with Crippen molar-refractivity contribution in [2.24, 2.45) is 0 Å². The van der Waals surface area contributed by atoms with Crippen molar-refractivity contribution in [3.8, 4) is 5.75 Å². The average molecular weight is 464 g/mol. The van der Waals surface area contributed by atoms with E-state index in [-0.39, 0.29) is 23.3 Å². The third kappa shape index (κ3) is 4.21. The molecule has 1 aliphatic heterocycles. The summed E-state index contributed by atoms with van der Waals surface area (Å²) in [5.41, 5.74) is 1.55. The van der Waals surface area contributed by atoms with E-state index in [1.807, 2.05) is 26.8 Å². The first-order chi connectivity index (χ1) is 16.1. The van der Waals surface area contributed by atoms with E-state index in [1.165, 1.54) is 30.4 Å². The molecule has 0 aliphatic carbocycles. The predicted octanol–water partition coefficient (Wildman–Crippen LogP) is 5.35. The lowest BCUT2D eigenvalue weighted by molar-refractivity contribution is -0.140. The van der Waals surface area contributed by atoms with E-state index in [9.17, 15) is 19.1 Å². The summed E-state index contributed by atoms with van der Waals surface area (Å²) in [6.07, 6.45) is 1.44. The standard InChI is InChI=1S/C27H26FNO5/c1-27(2,3)17-9-12-20(33-4)19(14-17)24(30)22-23(21-6-5-13-34-21)29(26(32)25(22)31)15-16-7-10-18(28)11-8-16/h5-14,23,30H,15H2,1-4H3/b24-22+. The maximum absolute atomic E-state index is 13.4. The van der Waals surface area contributed by atoms with Crippen LogP contribution in [0, 0.1) is 5.82 Å². The van der Waals surface area contributed by atoms with Crippen molar-refractivity contribution in [2.75, 3.05) is 7.11 Å². The van der Waals surface area contributed by atoms with Gasteiger partial charge in [0.1, 0.15) is 29.1 Å². The molecule has 3 aromatic rings. The lowest BCUT2D eigenvalue weighted by Gasteiger charge is -2.24. The van der Waals surface area contributed by atoms with Crippen molar-refractivity contribution in [2.45, 2.75) is 38.8 Å². The number of Topliss-reactive ketones (excluding diaryl/α,β-unsaturated/α-hetero) is 1. The van der Waals surface area contributed by atoms with Crippen LogP contribution in [-0.2, 0) is 21.5 Å². The summed E-state index contributed by atoms with van der Waals surface area (Å²) in [6, 6.07) is 13.4. The zero-order chi connectivity index (χ0) is 24.6. The second-order valence-corrected chi connectivity index (χ2v) is 9.23. The number of nitrogens with zero attached hydrogens (tertiary/aromatic N) is 1. The first kappa shape index (κ1) is 23.3. The van der Waals surface area contributed by atoms with Crippen LogP contribution < -0.4 is 4.74 Å². The number of aliphatic hydroxyl groups excluding tert-OH is 1. The quantitative estimate of drug-likeness (QED) is 0.314. The second-order valence-electron chi connectivity index (χ2n) is 9.23. The van der Waals surface area contributed by atoms with Gasteiger partial charge in [0, 0.05) is 6.54 Å². The van der Waals surface area contributed by atoms with Gasteiger partial charge in [0.2, 0.25) is 0 Å². The molecule has 34 heavy (non-hydrogen) atoms. The fraction of sp³-hybridized carbons (Fsp3) is 0.259. The molecule has 0 radical (unpaired) electrons. The Labute approximate surface area is 197 Å². The number of ketones is 1. The number of hydrogen-bond acceptors (Lipinski definition) is 5. The van der Waals surface area contributed by atoms with Gasteiger partial charge in [-0.1, -0.05) is 39.0 Å². The van der Waals surface area contributed by atoms with E-state index in [4.69, 9.17) is 9.15 Å². The zero-order valence-corrected chi connectivity index (χ0v) is 19.5. The maximum atomic E-state index is 13.4. The monoisotopic (exact) mass is 463 g/mol. The number of likely N-dealkylation sites (tertiary alicyclic amines) is 1. The van der Waals surface area contributed by atoms with Crippen LogP contribution in [0.4, 0.5) is 4.39 Å². The topological polar surface area (TPSA) is 80.0 Å². The molecule has 0 spiro atoms. The van der Waals surface area contributed by atoms with Crippen molar-refractivity contribution < 1.29 is 28.2 Å². The Kier molecular flexibility index (Phi) is 6.04. The van der Waals surface area contributed by atoms with Crippen LogP contribution in [0.1, 0.15) is 49.3 Å². The van der Waals surface area contributed by atoms with Crippen molar-refractivity contribution in [3.63, 3.8) is 0 Å². The van der Waals surface area contributed by atoms with Gasteiger partial charge in [-0.15, -0.1) is 0 Å². The summed E-state index contributed by atoms with van der Waals surface area (Å²) in [7, 11) is 1.47. The molecule has 7 heteroatoms. The first-order valence-corrected chi connectivity index (χ1v) is 10.9. The molecule has 6 nitrogen and oxygen atoms in total. The SMILES string of the molecule is COc1ccc(C(C)(C)C)cc1/C(O)=C1\C(=O)C(=O)N(Cc2ccc(F)cc2)C1c1ccco1. The molecule has 1 amide bonds. The van der Waals surface area contributed by atoms with Crippen LogP contribution >= 0.6 is 0 Å². The van der Waals surface area contributed by atoms with Crippen molar-refractivity contribution in [3.05, 3.63) is 94.7 Å². The number of benzene rings is 2. The van der Waals surface area contributed by atoms with Gasteiger partial charge in [-0.05, 0) is 52.9 Å². The third-order valence-corrected chi connectivity index (χ3v) is 5.94. The molecular weight excluding hydrogens is 437 g/mol. The molecule has 4 rings (SSSR count). The smallest absolute Gasteiger partial charge is 0.296 e. The minimum atomic E-state index is -0.956. The van der Waals surface area contributed by atoms with Crippen LogP contribution in [0.3, 0.4) is 0 Å². The largest absolute Gasteiger partial charge is 0.507 e. The van der Waals surface area contributed by atoms with Gasteiger partial charge < -0.3 is 19.2 Å². The van der Waals surface area contributed by atoms with E-state index in [2.05, 4.69) is 0 Å². The molecule has 1 aromatic heterocycles. The summed E-state index contributed by atoms with van der Waals surface area (Å²) in [4.78, 5) is 27.6. The van der Waals surface area contributed by atoms with Gasteiger partial charge in [0.25, 0.3) is 11.7 Å². The average Bonchev–Trinajstić information content (AvgIpc) is 3.42. The molecule has 1 fully saturated rings.